The van der Waals surface area contributed by atoms with Gasteiger partial charge in [0, 0.05) is 29.3 Å². The van der Waals surface area contributed by atoms with Crippen molar-refractivity contribution in [3.05, 3.63) is 59.3 Å². The number of nitrogens with zero attached hydrogens (tertiary/aromatic N) is 4. The molecule has 1 fully saturated rings. The Bertz CT molecular complexity index is 1260. The van der Waals surface area contributed by atoms with Gasteiger partial charge < -0.3 is 10.5 Å². The highest BCUT2D eigenvalue weighted by Gasteiger charge is 2.55. The van der Waals surface area contributed by atoms with Crippen LogP contribution in [0.1, 0.15) is 30.2 Å². The molecule has 3 atom stereocenters. The fraction of sp³-hybridized carbons (Fsp3) is 0.304. The molecule has 1 aliphatic carbocycles. The van der Waals surface area contributed by atoms with Gasteiger partial charge in [0.05, 0.1) is 22.9 Å². The number of aliphatic imine (C=N–C) groups is 1. The smallest absolute Gasteiger partial charge is 0.233 e. The minimum atomic E-state index is -0.644. The number of pyridine rings is 1. The van der Waals surface area contributed by atoms with Gasteiger partial charge in [0.15, 0.2) is 11.8 Å². The molecule has 6 nitrogen and oxygen atoms in total. The van der Waals surface area contributed by atoms with Crippen LogP contribution in [0, 0.1) is 24.1 Å². The van der Waals surface area contributed by atoms with Crippen LogP contribution in [0.25, 0.3) is 11.0 Å². The van der Waals surface area contributed by atoms with Crippen LogP contribution in [-0.2, 0) is 12.0 Å². The highest BCUT2D eigenvalue weighted by Crippen LogP contribution is 2.57. The number of halogens is 1. The Kier molecular flexibility index (Phi) is 4.78. The number of hydrogen-bond donors (Lipinski definition) is 1. The first-order valence-corrected chi connectivity index (χ1v) is 10.8. The minimum absolute atomic E-state index is 0.128. The summed E-state index contributed by atoms with van der Waals surface area (Å²) in [7, 11) is 0. The number of rotatable bonds is 5. The van der Waals surface area contributed by atoms with Gasteiger partial charge in [-0.2, -0.15) is 0 Å². The zero-order chi connectivity index (χ0) is 21.6. The van der Waals surface area contributed by atoms with E-state index in [0.717, 1.165) is 17.7 Å². The summed E-state index contributed by atoms with van der Waals surface area (Å²) in [5.41, 5.74) is 8.98. The average Bonchev–Trinajstić information content (AvgIpc) is 3.54. The van der Waals surface area contributed by atoms with E-state index < -0.39 is 5.54 Å². The number of amidine groups is 1. The molecule has 1 saturated carbocycles. The molecular formula is C23H20FN5OS. The van der Waals surface area contributed by atoms with Crippen molar-refractivity contribution in [1.82, 2.24) is 15.0 Å². The van der Waals surface area contributed by atoms with Crippen LogP contribution < -0.4 is 10.5 Å². The molecule has 5 rings (SSSR count). The van der Waals surface area contributed by atoms with Crippen molar-refractivity contribution in [3.8, 4) is 18.2 Å². The SMILES string of the molecule is C#CCOc1cnc2c(Cc3ccc(F)c([C@@]4(C)N=C(N)S[C@H]5C[C@H]54)c3)nccc2n1. The Morgan fingerprint density at radius 1 is 1.35 bits per heavy atom. The maximum atomic E-state index is 14.9. The van der Waals surface area contributed by atoms with Crippen LogP contribution in [-0.4, -0.2) is 32.0 Å². The van der Waals surface area contributed by atoms with E-state index in [2.05, 4.69) is 25.9 Å². The molecule has 1 aliphatic heterocycles. The number of benzene rings is 1. The first kappa shape index (κ1) is 19.8. The maximum absolute atomic E-state index is 14.9. The third kappa shape index (κ3) is 3.59. The number of terminal acetylenes is 1. The lowest BCUT2D eigenvalue weighted by Gasteiger charge is -2.30. The van der Waals surface area contributed by atoms with E-state index in [1.54, 1.807) is 30.1 Å². The van der Waals surface area contributed by atoms with Crippen molar-refractivity contribution in [2.75, 3.05) is 6.61 Å². The van der Waals surface area contributed by atoms with Gasteiger partial charge in [0.25, 0.3) is 0 Å². The van der Waals surface area contributed by atoms with Gasteiger partial charge in [-0.1, -0.05) is 29.8 Å². The molecule has 156 valence electrons. The zero-order valence-corrected chi connectivity index (χ0v) is 17.7. The number of thioether (sulfide) groups is 1. The Morgan fingerprint density at radius 2 is 2.23 bits per heavy atom. The maximum Gasteiger partial charge on any atom is 0.233 e. The summed E-state index contributed by atoms with van der Waals surface area (Å²) >= 11 is 1.59. The fourth-order valence-corrected chi connectivity index (χ4v) is 5.49. The number of hydrogen-bond acceptors (Lipinski definition) is 7. The topological polar surface area (TPSA) is 86.3 Å². The molecule has 0 amide bonds. The lowest BCUT2D eigenvalue weighted by Crippen LogP contribution is -2.31. The number of aromatic nitrogens is 3. The summed E-state index contributed by atoms with van der Waals surface area (Å²) in [5, 5.41) is 0.950. The van der Waals surface area contributed by atoms with Crippen LogP contribution in [0.5, 0.6) is 5.88 Å². The molecule has 31 heavy (non-hydrogen) atoms. The van der Waals surface area contributed by atoms with Crippen molar-refractivity contribution in [3.63, 3.8) is 0 Å². The summed E-state index contributed by atoms with van der Waals surface area (Å²) in [6.45, 7) is 2.11. The van der Waals surface area contributed by atoms with E-state index in [0.29, 0.717) is 45.2 Å². The molecule has 0 bridgehead atoms. The fourth-order valence-electron chi connectivity index (χ4n) is 4.21. The van der Waals surface area contributed by atoms with Gasteiger partial charge in [-0.15, -0.1) is 6.42 Å². The summed E-state index contributed by atoms with van der Waals surface area (Å²) in [5.74, 6) is 2.81. The molecule has 2 aliphatic rings. The lowest BCUT2D eigenvalue weighted by atomic mass is 9.85. The lowest BCUT2D eigenvalue weighted by molar-refractivity contribution is 0.355. The van der Waals surface area contributed by atoms with E-state index >= 15 is 0 Å². The first-order valence-electron chi connectivity index (χ1n) is 9.95. The second kappa shape index (κ2) is 7.50. The van der Waals surface area contributed by atoms with E-state index in [1.807, 2.05) is 13.0 Å². The summed E-state index contributed by atoms with van der Waals surface area (Å²) in [6, 6.07) is 6.94. The number of nitrogens with two attached hydrogens (primary N) is 1. The van der Waals surface area contributed by atoms with Crippen molar-refractivity contribution >= 4 is 28.0 Å². The highest BCUT2D eigenvalue weighted by atomic mass is 32.2. The summed E-state index contributed by atoms with van der Waals surface area (Å²) in [6.07, 6.45) is 9.93. The molecule has 3 aromatic rings. The van der Waals surface area contributed by atoms with Crippen LogP contribution in [0.2, 0.25) is 0 Å². The van der Waals surface area contributed by atoms with Gasteiger partial charge in [-0.25, -0.2) is 14.4 Å². The molecule has 0 unspecified atom stereocenters. The van der Waals surface area contributed by atoms with Crippen molar-refractivity contribution in [2.24, 2.45) is 16.6 Å². The molecule has 0 saturated heterocycles. The van der Waals surface area contributed by atoms with Crippen molar-refractivity contribution < 1.29 is 9.13 Å². The van der Waals surface area contributed by atoms with E-state index in [-0.39, 0.29) is 12.4 Å². The van der Waals surface area contributed by atoms with E-state index in [9.17, 15) is 4.39 Å². The Labute approximate surface area is 183 Å². The van der Waals surface area contributed by atoms with Crippen LogP contribution in [0.4, 0.5) is 4.39 Å². The van der Waals surface area contributed by atoms with Crippen LogP contribution in [0.3, 0.4) is 0 Å². The molecule has 3 heterocycles. The monoisotopic (exact) mass is 433 g/mol. The van der Waals surface area contributed by atoms with Gasteiger partial charge in [0.1, 0.15) is 11.3 Å². The summed E-state index contributed by atoms with van der Waals surface area (Å²) < 4.78 is 20.2. The van der Waals surface area contributed by atoms with Gasteiger partial charge in [0.2, 0.25) is 5.88 Å². The minimum Gasteiger partial charge on any atom is -0.463 e. The molecule has 0 spiro atoms. The van der Waals surface area contributed by atoms with Gasteiger partial charge >= 0.3 is 0 Å². The Balaban J connectivity index is 1.49. The van der Waals surface area contributed by atoms with Crippen LogP contribution >= 0.6 is 11.8 Å². The predicted octanol–water partition coefficient (Wildman–Crippen LogP) is 3.43. The predicted molar refractivity (Wildman–Crippen MR) is 119 cm³/mol. The quantitative estimate of drug-likeness (QED) is 0.621. The number of ether oxygens (including phenoxy) is 1. The van der Waals surface area contributed by atoms with Crippen molar-refractivity contribution in [1.29, 1.82) is 0 Å². The molecule has 2 aromatic heterocycles. The normalized spacial score (nSPS) is 24.2. The molecule has 0 radical (unpaired) electrons. The third-order valence-corrected chi connectivity index (χ3v) is 6.99. The molecule has 2 N–H and O–H groups in total. The van der Waals surface area contributed by atoms with Gasteiger partial charge in [-0.3, -0.25) is 9.98 Å². The first-order chi connectivity index (χ1) is 15.0. The second-order valence-corrected chi connectivity index (χ2v) is 9.17. The molecular weight excluding hydrogens is 413 g/mol. The standard InChI is InChI=1S/C23H20FN5OS/c1-3-8-30-20-12-27-21-17(28-20)6-7-26-18(21)10-13-4-5-16(24)14(9-13)23(2)15-11-19(15)31-22(25)29-23/h1,4-7,9,12,15,19H,8,10-11H2,2H3,(H2,25,29)/t15-,19+,23-/m1/s1. The molecule has 8 heteroatoms. The Morgan fingerprint density at radius 3 is 3.06 bits per heavy atom. The molecule has 1 aromatic carbocycles. The highest BCUT2D eigenvalue weighted by molar-refractivity contribution is 8.14. The largest absolute Gasteiger partial charge is 0.463 e. The van der Waals surface area contributed by atoms with Crippen molar-refractivity contribution in [2.45, 2.75) is 30.6 Å². The number of fused-ring (bicyclic) bond motifs is 2. The van der Waals surface area contributed by atoms with E-state index in [4.69, 9.17) is 16.9 Å². The van der Waals surface area contributed by atoms with Gasteiger partial charge in [-0.05, 0) is 31.0 Å². The zero-order valence-electron chi connectivity index (χ0n) is 16.9. The third-order valence-electron chi connectivity index (χ3n) is 5.83. The van der Waals surface area contributed by atoms with Crippen LogP contribution in [0.15, 0.2) is 41.7 Å². The van der Waals surface area contributed by atoms with E-state index in [1.165, 1.54) is 12.3 Å². The second-order valence-electron chi connectivity index (χ2n) is 7.91. The average molecular weight is 434 g/mol. The summed E-state index contributed by atoms with van der Waals surface area (Å²) in [4.78, 5) is 18.1. The Hall–Kier alpha value is -3.18.